The number of nitriles is 1. The van der Waals surface area contributed by atoms with Crippen LogP contribution in [-0.2, 0) is 0 Å². The lowest BCUT2D eigenvalue weighted by atomic mass is 10.1. The van der Waals surface area contributed by atoms with Crippen LogP contribution >= 0.6 is 0 Å². The molecule has 1 saturated heterocycles. The molecule has 0 bridgehead atoms. The van der Waals surface area contributed by atoms with Crippen LogP contribution in [0.2, 0.25) is 0 Å². The van der Waals surface area contributed by atoms with Crippen molar-refractivity contribution < 1.29 is 0 Å². The molecule has 3 rings (SSSR count). The average Bonchev–Trinajstić information content (AvgIpc) is 2.56. The van der Waals surface area contributed by atoms with Crippen LogP contribution in [0.4, 0.5) is 5.69 Å². The number of piperazine rings is 1. The van der Waals surface area contributed by atoms with Gasteiger partial charge in [0.15, 0.2) is 0 Å². The van der Waals surface area contributed by atoms with E-state index in [2.05, 4.69) is 45.5 Å². The van der Waals surface area contributed by atoms with E-state index < -0.39 is 0 Å². The molecule has 20 heavy (non-hydrogen) atoms. The predicted octanol–water partition coefficient (Wildman–Crippen LogP) is 2.03. The van der Waals surface area contributed by atoms with E-state index in [1.165, 1.54) is 5.69 Å². The van der Waals surface area contributed by atoms with Crippen molar-refractivity contribution in [1.82, 2.24) is 10.3 Å². The number of anilines is 1. The number of nitrogens with one attached hydrogen (secondary N) is 1. The molecule has 1 fully saturated rings. The predicted molar refractivity (Wildman–Crippen MR) is 79.5 cm³/mol. The first kappa shape index (κ1) is 12.6. The number of benzene rings is 1. The highest BCUT2D eigenvalue weighted by Crippen LogP contribution is 2.23. The molecule has 0 radical (unpaired) electrons. The Bertz CT molecular complexity index is 622. The summed E-state index contributed by atoms with van der Waals surface area (Å²) in [6.07, 6.45) is 1.68. The minimum Gasteiger partial charge on any atom is -0.369 e. The van der Waals surface area contributed by atoms with Crippen molar-refractivity contribution in [3.63, 3.8) is 0 Å². The van der Waals surface area contributed by atoms with Gasteiger partial charge in [0.1, 0.15) is 11.8 Å². The second-order valence-electron chi connectivity index (χ2n) is 4.83. The molecule has 0 aliphatic carbocycles. The summed E-state index contributed by atoms with van der Waals surface area (Å²) in [5, 5.41) is 12.3. The zero-order valence-corrected chi connectivity index (χ0v) is 11.2. The van der Waals surface area contributed by atoms with Crippen LogP contribution in [0.5, 0.6) is 0 Å². The van der Waals surface area contributed by atoms with Crippen LogP contribution in [0.1, 0.15) is 5.69 Å². The lowest BCUT2D eigenvalue weighted by molar-refractivity contribution is 0.589. The van der Waals surface area contributed by atoms with Gasteiger partial charge in [-0.25, -0.2) is 4.98 Å². The summed E-state index contributed by atoms with van der Waals surface area (Å²) in [6.45, 7) is 4.18. The second kappa shape index (κ2) is 5.72. The van der Waals surface area contributed by atoms with Gasteiger partial charge in [0.2, 0.25) is 0 Å². The van der Waals surface area contributed by atoms with E-state index in [9.17, 15) is 0 Å². The smallest absolute Gasteiger partial charge is 0.141 e. The largest absolute Gasteiger partial charge is 0.369 e. The van der Waals surface area contributed by atoms with Gasteiger partial charge < -0.3 is 10.2 Å². The monoisotopic (exact) mass is 264 g/mol. The molecule has 0 saturated carbocycles. The topological polar surface area (TPSA) is 52.0 Å². The number of rotatable bonds is 2. The quantitative estimate of drug-likeness (QED) is 0.901. The zero-order valence-electron chi connectivity index (χ0n) is 11.2. The zero-order chi connectivity index (χ0) is 13.8. The third-order valence-electron chi connectivity index (χ3n) is 3.56. The molecule has 1 aromatic carbocycles. The van der Waals surface area contributed by atoms with Crippen molar-refractivity contribution in [2.75, 3.05) is 31.1 Å². The Balaban J connectivity index is 1.83. The van der Waals surface area contributed by atoms with Crippen molar-refractivity contribution in [3.8, 4) is 17.2 Å². The Morgan fingerprint density at radius 3 is 2.50 bits per heavy atom. The summed E-state index contributed by atoms with van der Waals surface area (Å²) in [7, 11) is 0. The summed E-state index contributed by atoms with van der Waals surface area (Å²) in [4.78, 5) is 6.38. The molecule has 0 spiro atoms. The molecule has 100 valence electrons. The van der Waals surface area contributed by atoms with E-state index in [4.69, 9.17) is 5.26 Å². The first-order valence-electron chi connectivity index (χ1n) is 6.79. The molecule has 0 amide bonds. The molecular weight excluding hydrogens is 248 g/mol. The molecular formula is C16H16N4. The number of nitrogens with zero attached hydrogens (tertiary/aromatic N) is 3. The van der Waals surface area contributed by atoms with Gasteiger partial charge in [-0.3, -0.25) is 0 Å². The first-order valence-corrected chi connectivity index (χ1v) is 6.79. The normalized spacial score (nSPS) is 14.8. The van der Waals surface area contributed by atoms with Crippen LogP contribution in [-0.4, -0.2) is 31.2 Å². The van der Waals surface area contributed by atoms with E-state index in [-0.39, 0.29) is 0 Å². The fraction of sp³-hybridized carbons (Fsp3) is 0.250. The molecule has 1 aromatic heterocycles. The summed E-state index contributed by atoms with van der Waals surface area (Å²) in [5.74, 6) is 0. The van der Waals surface area contributed by atoms with Crippen LogP contribution in [0, 0.1) is 11.3 Å². The Kier molecular flexibility index (Phi) is 3.62. The molecule has 4 heteroatoms. The summed E-state index contributed by atoms with van der Waals surface area (Å²) in [6, 6.07) is 14.3. The van der Waals surface area contributed by atoms with Crippen LogP contribution in [0.25, 0.3) is 11.1 Å². The molecule has 1 N–H and O–H groups in total. The standard InChI is InChI=1S/C16H16N4/c17-12-15-11-14(5-6-19-15)13-1-3-16(4-2-13)20-9-7-18-8-10-20/h1-6,11,18H,7-10H2. The first-order chi connectivity index (χ1) is 9.86. The second-order valence-corrected chi connectivity index (χ2v) is 4.83. The van der Waals surface area contributed by atoms with Crippen LogP contribution in [0.3, 0.4) is 0 Å². The average molecular weight is 264 g/mol. The minimum atomic E-state index is 0.452. The van der Waals surface area contributed by atoms with E-state index in [0.29, 0.717) is 5.69 Å². The molecule has 4 nitrogen and oxygen atoms in total. The van der Waals surface area contributed by atoms with Crippen LogP contribution in [0.15, 0.2) is 42.6 Å². The van der Waals surface area contributed by atoms with Gasteiger partial charge in [-0.1, -0.05) is 12.1 Å². The summed E-state index contributed by atoms with van der Waals surface area (Å²) in [5.41, 5.74) is 3.85. The molecule has 1 aliphatic rings. The van der Waals surface area contributed by atoms with Crippen molar-refractivity contribution in [1.29, 1.82) is 5.26 Å². The van der Waals surface area contributed by atoms with Gasteiger partial charge in [-0.05, 0) is 35.4 Å². The highest BCUT2D eigenvalue weighted by atomic mass is 15.2. The molecule has 2 heterocycles. The molecule has 1 aliphatic heterocycles. The highest BCUT2D eigenvalue weighted by Gasteiger charge is 2.10. The number of pyridine rings is 1. The number of hydrogen-bond donors (Lipinski definition) is 1. The Morgan fingerprint density at radius 1 is 1.05 bits per heavy atom. The lowest BCUT2D eigenvalue weighted by Crippen LogP contribution is -2.43. The lowest BCUT2D eigenvalue weighted by Gasteiger charge is -2.29. The summed E-state index contributed by atoms with van der Waals surface area (Å²) < 4.78 is 0. The Labute approximate surface area is 118 Å². The minimum absolute atomic E-state index is 0.452. The maximum atomic E-state index is 8.90. The van der Waals surface area contributed by atoms with Gasteiger partial charge in [-0.15, -0.1) is 0 Å². The van der Waals surface area contributed by atoms with Gasteiger partial charge in [0.05, 0.1) is 0 Å². The van der Waals surface area contributed by atoms with Crippen LogP contribution < -0.4 is 10.2 Å². The van der Waals surface area contributed by atoms with Gasteiger partial charge in [-0.2, -0.15) is 5.26 Å². The van der Waals surface area contributed by atoms with Crippen molar-refractivity contribution in [3.05, 3.63) is 48.3 Å². The Morgan fingerprint density at radius 2 is 1.80 bits per heavy atom. The van der Waals surface area contributed by atoms with E-state index in [1.54, 1.807) is 6.20 Å². The van der Waals surface area contributed by atoms with Crippen molar-refractivity contribution in [2.24, 2.45) is 0 Å². The molecule has 0 atom stereocenters. The van der Waals surface area contributed by atoms with Crippen molar-refractivity contribution in [2.45, 2.75) is 0 Å². The van der Waals surface area contributed by atoms with Gasteiger partial charge in [0, 0.05) is 38.1 Å². The fourth-order valence-electron chi connectivity index (χ4n) is 2.46. The van der Waals surface area contributed by atoms with E-state index in [0.717, 1.165) is 37.3 Å². The molecule has 2 aromatic rings. The SMILES string of the molecule is N#Cc1cc(-c2ccc(N3CCNCC3)cc2)ccn1. The summed E-state index contributed by atoms with van der Waals surface area (Å²) >= 11 is 0. The number of hydrogen-bond acceptors (Lipinski definition) is 4. The Hall–Kier alpha value is -2.38. The van der Waals surface area contributed by atoms with E-state index in [1.807, 2.05) is 12.1 Å². The fourth-order valence-corrected chi connectivity index (χ4v) is 2.46. The molecule has 0 unspecified atom stereocenters. The van der Waals surface area contributed by atoms with Crippen molar-refractivity contribution >= 4 is 5.69 Å². The van der Waals surface area contributed by atoms with Gasteiger partial charge >= 0.3 is 0 Å². The third kappa shape index (κ3) is 2.63. The third-order valence-corrected chi connectivity index (χ3v) is 3.56. The number of aromatic nitrogens is 1. The van der Waals surface area contributed by atoms with Gasteiger partial charge in [0.25, 0.3) is 0 Å². The van der Waals surface area contributed by atoms with E-state index >= 15 is 0 Å². The highest BCUT2D eigenvalue weighted by molar-refractivity contribution is 5.67. The maximum Gasteiger partial charge on any atom is 0.141 e. The maximum absolute atomic E-state index is 8.90.